The Bertz CT molecular complexity index is 525. The number of nitrogens with one attached hydrogen (secondary N) is 2. The third-order valence-electron chi connectivity index (χ3n) is 3.31. The molecule has 1 aromatic rings. The largest absolute Gasteiger partial charge is 0.354 e. The van der Waals surface area contributed by atoms with Crippen LogP contribution in [-0.4, -0.2) is 33.2 Å². The van der Waals surface area contributed by atoms with Gasteiger partial charge in [-0.2, -0.15) is 5.10 Å². The molecular weight excluding hydrogens is 262 g/mol. The van der Waals surface area contributed by atoms with Crippen LogP contribution in [0.2, 0.25) is 0 Å². The van der Waals surface area contributed by atoms with Crippen molar-refractivity contribution in [2.24, 2.45) is 0 Å². The van der Waals surface area contributed by atoms with Crippen molar-refractivity contribution < 1.29 is 9.72 Å². The Hall–Kier alpha value is -2.12. The maximum Gasteiger partial charge on any atom is 0.333 e. The first-order valence-corrected chi connectivity index (χ1v) is 6.80. The molecule has 2 heterocycles. The molecule has 0 spiro atoms. The normalized spacial score (nSPS) is 18.7. The summed E-state index contributed by atoms with van der Waals surface area (Å²) in [5.41, 5.74) is 0.319. The minimum Gasteiger partial charge on any atom is -0.354 e. The van der Waals surface area contributed by atoms with Crippen LogP contribution in [0.15, 0.2) is 0 Å². The van der Waals surface area contributed by atoms with Gasteiger partial charge in [0.2, 0.25) is 11.7 Å². The molecule has 8 heteroatoms. The molecule has 0 aliphatic carbocycles. The maximum atomic E-state index is 11.8. The summed E-state index contributed by atoms with van der Waals surface area (Å²) in [6, 6.07) is -0.436. The summed E-state index contributed by atoms with van der Waals surface area (Å²) in [7, 11) is 0. The van der Waals surface area contributed by atoms with Crippen LogP contribution in [0.1, 0.15) is 31.9 Å². The molecule has 8 nitrogen and oxygen atoms in total. The quantitative estimate of drug-likeness (QED) is 0.623. The molecule has 1 saturated heterocycles. The molecule has 1 atom stereocenters. The Kier molecular flexibility index (Phi) is 4.21. The average Bonchev–Trinajstić information content (AvgIpc) is 2.69. The van der Waals surface area contributed by atoms with Crippen molar-refractivity contribution >= 4 is 17.4 Å². The van der Waals surface area contributed by atoms with E-state index in [0.717, 1.165) is 12.8 Å². The molecule has 1 aliphatic heterocycles. The van der Waals surface area contributed by atoms with E-state index in [2.05, 4.69) is 15.7 Å². The highest BCUT2D eigenvalue weighted by molar-refractivity contribution is 5.85. The second-order valence-electron chi connectivity index (χ2n) is 4.89. The second-order valence-corrected chi connectivity index (χ2v) is 4.89. The van der Waals surface area contributed by atoms with Gasteiger partial charge in [0.25, 0.3) is 0 Å². The Labute approximate surface area is 116 Å². The van der Waals surface area contributed by atoms with Gasteiger partial charge in [-0.15, -0.1) is 0 Å². The summed E-state index contributed by atoms with van der Waals surface area (Å²) < 4.78 is 1.58. The minimum atomic E-state index is -0.447. The van der Waals surface area contributed by atoms with Crippen LogP contribution >= 0.6 is 0 Å². The SMILES string of the molecule is CCCn1nc(C)c([N+](=O)[O-])c1NC1CCCNC1=O. The number of piperidine rings is 1. The number of aryl methyl sites for hydroxylation is 2. The van der Waals surface area contributed by atoms with E-state index in [0.29, 0.717) is 31.0 Å². The fourth-order valence-corrected chi connectivity index (χ4v) is 2.38. The lowest BCUT2D eigenvalue weighted by molar-refractivity contribution is -0.384. The van der Waals surface area contributed by atoms with E-state index < -0.39 is 11.0 Å². The van der Waals surface area contributed by atoms with Crippen molar-refractivity contribution in [3.63, 3.8) is 0 Å². The first-order chi connectivity index (χ1) is 9.54. The molecular formula is C12H19N5O3. The number of aromatic nitrogens is 2. The number of amides is 1. The van der Waals surface area contributed by atoms with E-state index in [1.54, 1.807) is 11.6 Å². The van der Waals surface area contributed by atoms with Gasteiger partial charge in [-0.3, -0.25) is 14.9 Å². The first-order valence-electron chi connectivity index (χ1n) is 6.80. The van der Waals surface area contributed by atoms with Crippen LogP contribution in [0.5, 0.6) is 0 Å². The summed E-state index contributed by atoms with van der Waals surface area (Å²) in [5.74, 6) is 0.212. The number of carbonyl (C=O) groups is 1. The zero-order chi connectivity index (χ0) is 14.7. The molecule has 1 aromatic heterocycles. The van der Waals surface area contributed by atoms with Gasteiger partial charge in [0.05, 0.1) is 4.92 Å². The van der Waals surface area contributed by atoms with E-state index in [-0.39, 0.29) is 11.6 Å². The fourth-order valence-electron chi connectivity index (χ4n) is 2.38. The zero-order valence-electron chi connectivity index (χ0n) is 11.7. The Morgan fingerprint density at radius 1 is 1.60 bits per heavy atom. The van der Waals surface area contributed by atoms with Gasteiger partial charge in [-0.1, -0.05) is 6.92 Å². The smallest absolute Gasteiger partial charge is 0.333 e. The van der Waals surface area contributed by atoms with Crippen molar-refractivity contribution in [3.8, 4) is 0 Å². The lowest BCUT2D eigenvalue weighted by atomic mass is 10.1. The monoisotopic (exact) mass is 281 g/mol. The van der Waals surface area contributed by atoms with E-state index in [4.69, 9.17) is 0 Å². The van der Waals surface area contributed by atoms with Gasteiger partial charge in [0.1, 0.15) is 11.7 Å². The summed E-state index contributed by atoms with van der Waals surface area (Å²) in [5, 5.41) is 21.1. The topological polar surface area (TPSA) is 102 Å². The van der Waals surface area contributed by atoms with Crippen LogP contribution in [0.25, 0.3) is 0 Å². The van der Waals surface area contributed by atoms with Crippen molar-refractivity contribution in [2.45, 2.75) is 45.7 Å². The molecule has 0 aromatic carbocycles. The number of carbonyl (C=O) groups excluding carboxylic acids is 1. The van der Waals surface area contributed by atoms with Crippen LogP contribution < -0.4 is 10.6 Å². The number of hydrogen-bond acceptors (Lipinski definition) is 5. The van der Waals surface area contributed by atoms with Crippen molar-refractivity contribution in [1.29, 1.82) is 0 Å². The van der Waals surface area contributed by atoms with Crippen LogP contribution in [0, 0.1) is 17.0 Å². The molecule has 2 rings (SSSR count). The second kappa shape index (κ2) is 5.89. The molecule has 110 valence electrons. The molecule has 1 amide bonds. The maximum absolute atomic E-state index is 11.8. The highest BCUT2D eigenvalue weighted by atomic mass is 16.6. The lowest BCUT2D eigenvalue weighted by Gasteiger charge is -2.23. The third kappa shape index (κ3) is 2.73. The molecule has 1 fully saturated rings. The fraction of sp³-hybridized carbons (Fsp3) is 0.667. The highest BCUT2D eigenvalue weighted by Gasteiger charge is 2.30. The van der Waals surface area contributed by atoms with Crippen molar-refractivity contribution in [2.75, 3.05) is 11.9 Å². The van der Waals surface area contributed by atoms with Crippen LogP contribution in [0.4, 0.5) is 11.5 Å². The van der Waals surface area contributed by atoms with E-state index in [1.165, 1.54) is 0 Å². The van der Waals surface area contributed by atoms with E-state index in [9.17, 15) is 14.9 Å². The van der Waals surface area contributed by atoms with Crippen LogP contribution in [0.3, 0.4) is 0 Å². The van der Waals surface area contributed by atoms with Crippen molar-refractivity contribution in [3.05, 3.63) is 15.8 Å². The molecule has 20 heavy (non-hydrogen) atoms. The standard InChI is InChI=1S/C12H19N5O3/c1-3-7-16-11(10(17(19)20)8(2)15-16)14-9-5-4-6-13-12(9)18/h9,14H,3-7H2,1-2H3,(H,13,18). The lowest BCUT2D eigenvalue weighted by Crippen LogP contribution is -2.44. The Morgan fingerprint density at radius 3 is 2.95 bits per heavy atom. The molecule has 2 N–H and O–H groups in total. The summed E-state index contributed by atoms with van der Waals surface area (Å²) in [6.07, 6.45) is 2.33. The minimum absolute atomic E-state index is 0.0446. The van der Waals surface area contributed by atoms with Gasteiger partial charge in [-0.25, -0.2) is 4.68 Å². The summed E-state index contributed by atoms with van der Waals surface area (Å²) in [4.78, 5) is 22.5. The number of anilines is 1. The number of nitro groups is 1. The summed E-state index contributed by atoms with van der Waals surface area (Å²) >= 11 is 0. The summed E-state index contributed by atoms with van der Waals surface area (Å²) in [6.45, 7) is 4.81. The number of hydrogen-bond donors (Lipinski definition) is 2. The van der Waals surface area contributed by atoms with Gasteiger partial charge < -0.3 is 10.6 Å². The van der Waals surface area contributed by atoms with Gasteiger partial charge >= 0.3 is 5.69 Å². The van der Waals surface area contributed by atoms with Gasteiger partial charge in [0.15, 0.2) is 0 Å². The van der Waals surface area contributed by atoms with E-state index >= 15 is 0 Å². The molecule has 0 saturated carbocycles. The molecule has 0 radical (unpaired) electrons. The number of rotatable bonds is 5. The zero-order valence-corrected chi connectivity index (χ0v) is 11.7. The number of nitrogens with zero attached hydrogens (tertiary/aromatic N) is 3. The predicted octanol–water partition coefficient (Wildman–Crippen LogP) is 1.20. The Balaban J connectivity index is 2.32. The average molecular weight is 281 g/mol. The van der Waals surface area contributed by atoms with E-state index in [1.807, 2.05) is 6.92 Å². The molecule has 1 aliphatic rings. The van der Waals surface area contributed by atoms with Gasteiger partial charge in [0, 0.05) is 13.1 Å². The first kappa shape index (κ1) is 14.3. The third-order valence-corrected chi connectivity index (χ3v) is 3.31. The van der Waals surface area contributed by atoms with Gasteiger partial charge in [-0.05, 0) is 26.2 Å². The van der Waals surface area contributed by atoms with Crippen LogP contribution in [-0.2, 0) is 11.3 Å². The molecule has 1 unspecified atom stereocenters. The highest BCUT2D eigenvalue weighted by Crippen LogP contribution is 2.29. The predicted molar refractivity (Wildman–Crippen MR) is 73.6 cm³/mol. The Morgan fingerprint density at radius 2 is 2.35 bits per heavy atom. The molecule has 0 bridgehead atoms. The van der Waals surface area contributed by atoms with Crippen molar-refractivity contribution in [1.82, 2.24) is 15.1 Å².